The molecule has 6 heteroatoms. The summed E-state index contributed by atoms with van der Waals surface area (Å²) in [6, 6.07) is 2.62. The normalized spacial score (nSPS) is 23.1. The number of rotatable bonds is 5. The Kier molecular flexibility index (Phi) is 5.05. The SMILES string of the molecule is CC(C1CC1)n1nccc1NC(=O)CC1CCCN1.Cl. The zero-order chi connectivity index (χ0) is 13.2. The first-order valence-corrected chi connectivity index (χ1v) is 7.31. The third kappa shape index (κ3) is 3.52. The Bertz CT molecular complexity index is 452. The van der Waals surface area contributed by atoms with Crippen molar-refractivity contribution in [3.8, 4) is 0 Å². The van der Waals surface area contributed by atoms with Gasteiger partial charge in [-0.25, -0.2) is 4.68 Å². The molecule has 1 amide bonds. The largest absolute Gasteiger partial charge is 0.313 e. The van der Waals surface area contributed by atoms with Gasteiger partial charge in [0.05, 0.1) is 12.2 Å². The van der Waals surface area contributed by atoms with E-state index in [1.807, 2.05) is 10.7 Å². The molecule has 0 radical (unpaired) electrons. The van der Waals surface area contributed by atoms with Crippen LogP contribution in [0.5, 0.6) is 0 Å². The zero-order valence-corrected chi connectivity index (χ0v) is 12.7. The standard InChI is InChI=1S/C14H22N4O.ClH/c1-10(11-4-5-11)18-13(6-8-16-18)17-14(19)9-12-3-2-7-15-12;/h6,8,10-12,15H,2-5,7,9H2,1H3,(H,17,19);1H. The maximum atomic E-state index is 12.0. The minimum Gasteiger partial charge on any atom is -0.313 e. The van der Waals surface area contributed by atoms with Crippen molar-refractivity contribution in [3.05, 3.63) is 12.3 Å². The molecule has 20 heavy (non-hydrogen) atoms. The Morgan fingerprint density at radius 1 is 1.55 bits per heavy atom. The quantitative estimate of drug-likeness (QED) is 0.877. The minimum atomic E-state index is 0. The van der Waals surface area contributed by atoms with Gasteiger partial charge in [0.25, 0.3) is 0 Å². The number of carbonyl (C=O) groups is 1. The number of hydrogen-bond donors (Lipinski definition) is 2. The van der Waals surface area contributed by atoms with Crippen molar-refractivity contribution >= 4 is 24.1 Å². The van der Waals surface area contributed by atoms with E-state index in [1.165, 1.54) is 19.3 Å². The lowest BCUT2D eigenvalue weighted by molar-refractivity contribution is -0.116. The van der Waals surface area contributed by atoms with Crippen LogP contribution >= 0.6 is 12.4 Å². The van der Waals surface area contributed by atoms with Gasteiger partial charge in [-0.2, -0.15) is 5.10 Å². The summed E-state index contributed by atoms with van der Waals surface area (Å²) in [6.07, 6.45) is 7.16. The Labute approximate surface area is 125 Å². The number of nitrogens with zero attached hydrogens (tertiary/aromatic N) is 2. The molecular formula is C14H23ClN4O. The fraction of sp³-hybridized carbons (Fsp3) is 0.714. The van der Waals surface area contributed by atoms with E-state index in [0.717, 1.165) is 24.7 Å². The topological polar surface area (TPSA) is 59.0 Å². The molecule has 5 nitrogen and oxygen atoms in total. The second-order valence-electron chi connectivity index (χ2n) is 5.78. The number of aromatic nitrogens is 2. The third-order valence-corrected chi connectivity index (χ3v) is 4.22. The van der Waals surface area contributed by atoms with E-state index < -0.39 is 0 Å². The van der Waals surface area contributed by atoms with E-state index in [1.54, 1.807) is 6.20 Å². The smallest absolute Gasteiger partial charge is 0.227 e. The summed E-state index contributed by atoms with van der Waals surface area (Å²) in [5.41, 5.74) is 0. The molecular weight excluding hydrogens is 276 g/mol. The molecule has 2 unspecified atom stereocenters. The predicted octanol–water partition coefficient (Wildman–Crippen LogP) is 2.36. The monoisotopic (exact) mass is 298 g/mol. The van der Waals surface area contributed by atoms with Crippen LogP contribution in [0, 0.1) is 5.92 Å². The van der Waals surface area contributed by atoms with Gasteiger partial charge in [-0.05, 0) is 45.1 Å². The molecule has 0 spiro atoms. The molecule has 2 fully saturated rings. The highest BCUT2D eigenvalue weighted by Gasteiger charge is 2.30. The highest BCUT2D eigenvalue weighted by Crippen LogP contribution is 2.40. The van der Waals surface area contributed by atoms with E-state index >= 15 is 0 Å². The average Bonchev–Trinajstić information content (AvgIpc) is 2.93. The predicted molar refractivity (Wildman–Crippen MR) is 81.2 cm³/mol. The molecule has 0 aromatic carbocycles. The highest BCUT2D eigenvalue weighted by atomic mass is 35.5. The first kappa shape index (κ1) is 15.3. The van der Waals surface area contributed by atoms with Gasteiger partial charge in [-0.3, -0.25) is 4.79 Å². The summed E-state index contributed by atoms with van der Waals surface area (Å²) in [6.45, 7) is 3.22. The van der Waals surface area contributed by atoms with Gasteiger partial charge in [0, 0.05) is 18.5 Å². The molecule has 1 saturated carbocycles. The van der Waals surface area contributed by atoms with Crippen LogP contribution < -0.4 is 10.6 Å². The number of carbonyl (C=O) groups excluding carboxylic acids is 1. The van der Waals surface area contributed by atoms with Crippen LogP contribution in [0.25, 0.3) is 0 Å². The molecule has 1 aliphatic heterocycles. The van der Waals surface area contributed by atoms with Gasteiger partial charge >= 0.3 is 0 Å². The fourth-order valence-electron chi connectivity index (χ4n) is 2.86. The molecule has 0 bridgehead atoms. The number of nitrogens with one attached hydrogen (secondary N) is 2. The summed E-state index contributed by atoms with van der Waals surface area (Å²) < 4.78 is 1.96. The van der Waals surface area contributed by atoms with Gasteiger partial charge in [0.1, 0.15) is 5.82 Å². The van der Waals surface area contributed by atoms with Crippen molar-refractivity contribution in [2.75, 3.05) is 11.9 Å². The van der Waals surface area contributed by atoms with Crippen molar-refractivity contribution in [1.29, 1.82) is 0 Å². The van der Waals surface area contributed by atoms with Crippen LogP contribution in [0.2, 0.25) is 0 Å². The maximum Gasteiger partial charge on any atom is 0.227 e. The van der Waals surface area contributed by atoms with Gasteiger partial charge in [-0.15, -0.1) is 12.4 Å². The minimum absolute atomic E-state index is 0. The highest BCUT2D eigenvalue weighted by molar-refractivity contribution is 5.90. The molecule has 1 saturated heterocycles. The Hall–Kier alpha value is -1.07. The van der Waals surface area contributed by atoms with Gasteiger partial charge in [0.2, 0.25) is 5.91 Å². The fourth-order valence-corrected chi connectivity index (χ4v) is 2.86. The van der Waals surface area contributed by atoms with Gasteiger partial charge in [-0.1, -0.05) is 0 Å². The molecule has 1 aliphatic carbocycles. The molecule has 2 heterocycles. The first-order valence-electron chi connectivity index (χ1n) is 7.31. The lowest BCUT2D eigenvalue weighted by Crippen LogP contribution is -2.28. The van der Waals surface area contributed by atoms with Crippen LogP contribution in [0.1, 0.15) is 45.1 Å². The summed E-state index contributed by atoms with van der Waals surface area (Å²) in [5.74, 6) is 1.65. The van der Waals surface area contributed by atoms with Crippen LogP contribution in [-0.4, -0.2) is 28.3 Å². The van der Waals surface area contributed by atoms with E-state index in [-0.39, 0.29) is 18.3 Å². The number of halogens is 1. The molecule has 2 atom stereocenters. The molecule has 2 aliphatic rings. The number of hydrogen-bond acceptors (Lipinski definition) is 3. The van der Waals surface area contributed by atoms with Crippen LogP contribution in [0.4, 0.5) is 5.82 Å². The molecule has 112 valence electrons. The number of amides is 1. The Morgan fingerprint density at radius 2 is 2.35 bits per heavy atom. The van der Waals surface area contributed by atoms with Crippen LogP contribution in [0.15, 0.2) is 12.3 Å². The summed E-state index contributed by atoms with van der Waals surface area (Å²) in [5, 5.41) is 10.7. The van der Waals surface area contributed by atoms with Crippen LogP contribution in [0.3, 0.4) is 0 Å². The van der Waals surface area contributed by atoms with Gasteiger partial charge < -0.3 is 10.6 Å². The molecule has 1 aromatic heterocycles. The lowest BCUT2D eigenvalue weighted by atomic mass is 10.1. The summed E-state index contributed by atoms with van der Waals surface area (Å²) >= 11 is 0. The first-order chi connectivity index (χ1) is 9.24. The second kappa shape index (κ2) is 6.59. The van der Waals surface area contributed by atoms with Crippen molar-refractivity contribution in [1.82, 2.24) is 15.1 Å². The Balaban J connectivity index is 0.00000147. The van der Waals surface area contributed by atoms with Gasteiger partial charge in [0.15, 0.2) is 0 Å². The lowest BCUT2D eigenvalue weighted by Gasteiger charge is -2.16. The summed E-state index contributed by atoms with van der Waals surface area (Å²) in [7, 11) is 0. The zero-order valence-electron chi connectivity index (χ0n) is 11.8. The maximum absolute atomic E-state index is 12.0. The van der Waals surface area contributed by atoms with Crippen molar-refractivity contribution < 1.29 is 4.79 Å². The van der Waals surface area contributed by atoms with E-state index in [0.29, 0.717) is 18.5 Å². The van der Waals surface area contributed by atoms with Crippen molar-refractivity contribution in [3.63, 3.8) is 0 Å². The van der Waals surface area contributed by atoms with E-state index in [9.17, 15) is 4.79 Å². The molecule has 3 rings (SSSR count). The average molecular weight is 299 g/mol. The van der Waals surface area contributed by atoms with Crippen molar-refractivity contribution in [2.24, 2.45) is 5.92 Å². The molecule has 2 N–H and O–H groups in total. The summed E-state index contributed by atoms with van der Waals surface area (Å²) in [4.78, 5) is 12.0. The van der Waals surface area contributed by atoms with E-state index in [2.05, 4.69) is 22.7 Å². The van der Waals surface area contributed by atoms with E-state index in [4.69, 9.17) is 0 Å². The van der Waals surface area contributed by atoms with Crippen molar-refractivity contribution in [2.45, 2.75) is 51.1 Å². The number of anilines is 1. The Morgan fingerprint density at radius 3 is 3.00 bits per heavy atom. The van der Waals surface area contributed by atoms with Crippen LogP contribution in [-0.2, 0) is 4.79 Å². The molecule has 1 aromatic rings. The third-order valence-electron chi connectivity index (χ3n) is 4.22. The second-order valence-corrected chi connectivity index (χ2v) is 5.78.